The number of nitrogens with one attached hydrogen (secondary N) is 2. The molecule has 13 heteroatoms. The highest BCUT2D eigenvalue weighted by Gasteiger charge is 2.44. The topological polar surface area (TPSA) is 127 Å². The number of piperidine rings is 1. The molecule has 3 aromatic heterocycles. The highest BCUT2D eigenvalue weighted by molar-refractivity contribution is 5.93. The maximum Gasteiger partial charge on any atom is 0.393 e. The summed E-state index contributed by atoms with van der Waals surface area (Å²) >= 11 is 0. The van der Waals surface area contributed by atoms with E-state index in [2.05, 4.69) is 33.0 Å². The molecule has 3 aromatic rings. The van der Waals surface area contributed by atoms with Gasteiger partial charge in [-0.1, -0.05) is 31.8 Å². The standard InChI is InChI=1S/C26H32F3N7O3/c1-3-19-23(35-39-34-19)25(38)32-22(15-6-4-14(2)5-7-15)20-13-36-21(31-20)9-8-18(33-36)11-16-10-17(26(27,28)29)12-30-24(16)37/h8-9,13-17,22H,3-7,10-12H2,1-2H3,(H,30,37)(H,32,38)/t14?,15?,16?,17-,22+/m1/s1. The monoisotopic (exact) mass is 547 g/mol. The van der Waals surface area contributed by atoms with Crippen LogP contribution in [0.1, 0.15) is 79.6 Å². The molecule has 1 aliphatic carbocycles. The highest BCUT2D eigenvalue weighted by Crippen LogP contribution is 2.37. The summed E-state index contributed by atoms with van der Waals surface area (Å²) in [6, 6.07) is 3.01. The minimum Gasteiger partial charge on any atom is -0.355 e. The number of fused-ring (bicyclic) bond motifs is 1. The van der Waals surface area contributed by atoms with Gasteiger partial charge in [0.1, 0.15) is 5.69 Å². The molecule has 1 aliphatic heterocycles. The molecule has 210 valence electrons. The van der Waals surface area contributed by atoms with Gasteiger partial charge < -0.3 is 10.6 Å². The van der Waals surface area contributed by atoms with Crippen LogP contribution < -0.4 is 10.6 Å². The molecule has 39 heavy (non-hydrogen) atoms. The lowest BCUT2D eigenvalue weighted by Gasteiger charge is -2.32. The molecule has 0 spiro atoms. The number of halogens is 3. The van der Waals surface area contributed by atoms with Gasteiger partial charge in [0, 0.05) is 18.9 Å². The lowest BCUT2D eigenvalue weighted by molar-refractivity contribution is -0.183. The average Bonchev–Trinajstić information content (AvgIpc) is 3.55. The fraction of sp³-hybridized carbons (Fsp3) is 0.615. The Morgan fingerprint density at radius 2 is 2.00 bits per heavy atom. The van der Waals surface area contributed by atoms with Crippen LogP contribution in [0, 0.1) is 23.7 Å². The molecule has 4 heterocycles. The van der Waals surface area contributed by atoms with Crippen LogP contribution in [-0.2, 0) is 17.6 Å². The Labute approximate surface area is 223 Å². The van der Waals surface area contributed by atoms with Crippen molar-refractivity contribution in [3.8, 4) is 0 Å². The van der Waals surface area contributed by atoms with Gasteiger partial charge in [0.15, 0.2) is 11.3 Å². The molecule has 2 amide bonds. The Kier molecular flexibility index (Phi) is 7.59. The molecule has 10 nitrogen and oxygen atoms in total. The lowest BCUT2D eigenvalue weighted by Crippen LogP contribution is -2.47. The summed E-state index contributed by atoms with van der Waals surface area (Å²) in [7, 11) is 0. The summed E-state index contributed by atoms with van der Waals surface area (Å²) in [4.78, 5) is 30.2. The Morgan fingerprint density at radius 1 is 1.23 bits per heavy atom. The zero-order valence-corrected chi connectivity index (χ0v) is 21.9. The third kappa shape index (κ3) is 5.91. The third-order valence-corrected chi connectivity index (χ3v) is 8.02. The van der Waals surface area contributed by atoms with Crippen LogP contribution in [0.2, 0.25) is 0 Å². The Morgan fingerprint density at radius 3 is 2.72 bits per heavy atom. The van der Waals surface area contributed by atoms with Crippen molar-refractivity contribution in [2.75, 3.05) is 6.54 Å². The number of hydrogen-bond donors (Lipinski definition) is 2. The van der Waals surface area contributed by atoms with Crippen LogP contribution in [0.25, 0.3) is 5.65 Å². The van der Waals surface area contributed by atoms with Crippen molar-refractivity contribution in [1.29, 1.82) is 0 Å². The highest BCUT2D eigenvalue weighted by atomic mass is 19.4. The fourth-order valence-corrected chi connectivity index (χ4v) is 5.65. The van der Waals surface area contributed by atoms with Crippen LogP contribution in [0.15, 0.2) is 23.0 Å². The Hall–Kier alpha value is -3.51. The summed E-state index contributed by atoms with van der Waals surface area (Å²) in [5, 5.41) is 17.6. The summed E-state index contributed by atoms with van der Waals surface area (Å²) in [5.41, 5.74) is 2.29. The van der Waals surface area contributed by atoms with Crippen molar-refractivity contribution in [2.24, 2.45) is 23.7 Å². The van der Waals surface area contributed by atoms with Crippen LogP contribution in [0.4, 0.5) is 13.2 Å². The van der Waals surface area contributed by atoms with Gasteiger partial charge in [0.25, 0.3) is 5.91 Å². The van der Waals surface area contributed by atoms with E-state index in [1.807, 2.05) is 6.92 Å². The van der Waals surface area contributed by atoms with Crippen LogP contribution in [-0.4, -0.2) is 49.4 Å². The summed E-state index contributed by atoms with van der Waals surface area (Å²) in [6.07, 6.45) is 1.63. The fourth-order valence-electron chi connectivity index (χ4n) is 5.65. The third-order valence-electron chi connectivity index (χ3n) is 8.02. The zero-order valence-electron chi connectivity index (χ0n) is 21.9. The van der Waals surface area contributed by atoms with E-state index in [4.69, 9.17) is 9.61 Å². The van der Waals surface area contributed by atoms with Gasteiger partial charge in [-0.3, -0.25) is 9.59 Å². The first kappa shape index (κ1) is 27.1. The smallest absolute Gasteiger partial charge is 0.355 e. The summed E-state index contributed by atoms with van der Waals surface area (Å²) in [6.45, 7) is 3.69. The van der Waals surface area contributed by atoms with Crippen molar-refractivity contribution in [3.05, 3.63) is 41.1 Å². The van der Waals surface area contributed by atoms with E-state index < -0.39 is 36.5 Å². The van der Waals surface area contributed by atoms with Crippen molar-refractivity contribution in [1.82, 2.24) is 35.5 Å². The first-order chi connectivity index (χ1) is 18.6. The van der Waals surface area contributed by atoms with E-state index >= 15 is 0 Å². The summed E-state index contributed by atoms with van der Waals surface area (Å²) in [5.74, 6) is -2.40. The molecule has 2 fully saturated rings. The number of aryl methyl sites for hydroxylation is 1. The number of hydrogen-bond acceptors (Lipinski definition) is 7. The molecule has 0 aromatic carbocycles. The van der Waals surface area contributed by atoms with Crippen molar-refractivity contribution < 1.29 is 27.4 Å². The number of imidazole rings is 1. The number of carbonyl (C=O) groups is 2. The van der Waals surface area contributed by atoms with Crippen LogP contribution >= 0.6 is 0 Å². The van der Waals surface area contributed by atoms with E-state index in [0.717, 1.165) is 25.7 Å². The van der Waals surface area contributed by atoms with Crippen molar-refractivity contribution in [2.45, 2.75) is 71.0 Å². The molecule has 1 saturated carbocycles. The Balaban J connectivity index is 1.38. The van der Waals surface area contributed by atoms with Gasteiger partial charge in [0.2, 0.25) is 5.91 Å². The van der Waals surface area contributed by atoms with E-state index in [9.17, 15) is 22.8 Å². The average molecular weight is 548 g/mol. The second kappa shape index (κ2) is 10.9. The summed E-state index contributed by atoms with van der Waals surface area (Å²) < 4.78 is 46.1. The minimum atomic E-state index is -4.36. The number of carbonyl (C=O) groups excluding carboxylic acids is 2. The van der Waals surface area contributed by atoms with E-state index in [-0.39, 0.29) is 30.4 Å². The second-order valence-corrected chi connectivity index (χ2v) is 10.8. The van der Waals surface area contributed by atoms with E-state index in [1.54, 1.807) is 22.8 Å². The largest absolute Gasteiger partial charge is 0.393 e. The molecule has 3 atom stereocenters. The second-order valence-electron chi connectivity index (χ2n) is 10.8. The molecule has 0 radical (unpaired) electrons. The first-order valence-electron chi connectivity index (χ1n) is 13.4. The van der Waals surface area contributed by atoms with Gasteiger partial charge in [-0.05, 0) is 54.8 Å². The first-order valence-corrected chi connectivity index (χ1v) is 13.4. The SMILES string of the molecule is CCc1nonc1C(=O)N[C@H](c1cn2nc(CC3C[C@@H](C(F)(F)F)CNC3=O)ccc2n1)C1CCC(C)CC1. The lowest BCUT2D eigenvalue weighted by atomic mass is 9.78. The van der Waals surface area contributed by atoms with Crippen LogP contribution in [0.3, 0.4) is 0 Å². The molecular formula is C26H32F3N7O3. The molecule has 2 aliphatic rings. The molecule has 5 rings (SSSR count). The Bertz CT molecular complexity index is 1330. The molecular weight excluding hydrogens is 515 g/mol. The molecule has 0 bridgehead atoms. The van der Waals surface area contributed by atoms with Gasteiger partial charge in [-0.25, -0.2) is 14.1 Å². The maximum atomic E-state index is 13.2. The molecule has 1 saturated heterocycles. The van der Waals surface area contributed by atoms with Crippen molar-refractivity contribution >= 4 is 17.5 Å². The molecule has 2 N–H and O–H groups in total. The van der Waals surface area contributed by atoms with Gasteiger partial charge >= 0.3 is 6.18 Å². The zero-order chi connectivity index (χ0) is 27.7. The maximum absolute atomic E-state index is 13.2. The normalized spacial score (nSPS) is 24.9. The number of rotatable bonds is 7. The van der Waals surface area contributed by atoms with E-state index in [1.165, 1.54) is 0 Å². The number of amides is 2. The van der Waals surface area contributed by atoms with Gasteiger partial charge in [-0.15, -0.1) is 0 Å². The number of alkyl halides is 3. The van der Waals surface area contributed by atoms with Crippen LogP contribution in [0.5, 0.6) is 0 Å². The minimum absolute atomic E-state index is 0.0848. The van der Waals surface area contributed by atoms with Crippen molar-refractivity contribution in [3.63, 3.8) is 0 Å². The molecule has 1 unspecified atom stereocenters. The van der Waals surface area contributed by atoms with Gasteiger partial charge in [0.05, 0.1) is 29.5 Å². The number of nitrogens with zero attached hydrogens (tertiary/aromatic N) is 5. The predicted molar refractivity (Wildman–Crippen MR) is 132 cm³/mol. The van der Waals surface area contributed by atoms with Gasteiger partial charge in [-0.2, -0.15) is 18.3 Å². The predicted octanol–water partition coefficient (Wildman–Crippen LogP) is 3.83. The quantitative estimate of drug-likeness (QED) is 0.460. The van der Waals surface area contributed by atoms with E-state index in [0.29, 0.717) is 35.1 Å². The number of aromatic nitrogens is 5.